The van der Waals surface area contributed by atoms with Crippen molar-refractivity contribution in [2.75, 3.05) is 0 Å². The third-order valence-electron chi connectivity index (χ3n) is 2.55. The fourth-order valence-corrected chi connectivity index (χ4v) is 1.45. The van der Waals surface area contributed by atoms with Crippen molar-refractivity contribution in [1.82, 2.24) is 10.8 Å². The Kier molecular flexibility index (Phi) is 2.83. The summed E-state index contributed by atoms with van der Waals surface area (Å²) in [7, 11) is 0. The molecule has 1 aromatic carbocycles. The zero-order valence-corrected chi connectivity index (χ0v) is 9.47. The molecule has 0 atom stereocenters. The molecule has 0 bridgehead atoms. The Hall–Kier alpha value is -1.92. The summed E-state index contributed by atoms with van der Waals surface area (Å²) in [6.45, 7) is 3.64. The van der Waals surface area contributed by atoms with Crippen molar-refractivity contribution >= 4 is 11.9 Å². The molecule has 1 fully saturated rings. The van der Waals surface area contributed by atoms with Gasteiger partial charge in [-0.2, -0.15) is 0 Å². The highest BCUT2D eigenvalue weighted by Gasteiger charge is 2.39. The van der Waals surface area contributed by atoms with E-state index in [1.165, 1.54) is 0 Å². The number of nitrogens with zero attached hydrogens (tertiary/aromatic N) is 1. The molecule has 1 saturated heterocycles. The predicted molar refractivity (Wildman–Crippen MR) is 56.6 cm³/mol. The summed E-state index contributed by atoms with van der Waals surface area (Å²) in [5.41, 5.74) is 2.51. The molecule has 1 aliphatic rings. The monoisotopic (exact) mass is 236 g/mol. The molecule has 0 aliphatic carbocycles. The van der Waals surface area contributed by atoms with Crippen LogP contribution in [0, 0.1) is 0 Å². The van der Waals surface area contributed by atoms with E-state index in [1.807, 2.05) is 44.2 Å². The molecular weight excluding hydrogens is 224 g/mol. The number of hydrogen-bond acceptors (Lipinski definition) is 6. The van der Waals surface area contributed by atoms with Gasteiger partial charge in [-0.25, -0.2) is 9.59 Å². The van der Waals surface area contributed by atoms with Crippen LogP contribution in [0.15, 0.2) is 30.3 Å². The van der Waals surface area contributed by atoms with Gasteiger partial charge in [0.15, 0.2) is 0 Å². The average molecular weight is 236 g/mol. The number of benzene rings is 1. The van der Waals surface area contributed by atoms with Gasteiger partial charge >= 0.3 is 11.9 Å². The first-order valence-corrected chi connectivity index (χ1v) is 5.06. The fraction of sp³-hybridized carbons (Fsp3) is 0.273. The van der Waals surface area contributed by atoms with E-state index in [-0.39, 0.29) is 0 Å². The lowest BCUT2D eigenvalue weighted by atomic mass is 9.95. The average Bonchev–Trinajstić information content (AvgIpc) is 2.33. The van der Waals surface area contributed by atoms with Gasteiger partial charge in [-0.1, -0.05) is 30.3 Å². The summed E-state index contributed by atoms with van der Waals surface area (Å²) >= 11 is 0. The van der Waals surface area contributed by atoms with Crippen molar-refractivity contribution in [2.45, 2.75) is 19.4 Å². The van der Waals surface area contributed by atoms with Gasteiger partial charge in [0.2, 0.25) is 0 Å². The van der Waals surface area contributed by atoms with Crippen LogP contribution in [0.25, 0.3) is 0 Å². The zero-order chi connectivity index (χ0) is 12.5. The maximum atomic E-state index is 11.1. The molecule has 0 aromatic heterocycles. The Morgan fingerprint density at radius 2 is 1.76 bits per heavy atom. The molecule has 1 aliphatic heterocycles. The molecule has 0 amide bonds. The van der Waals surface area contributed by atoms with Crippen molar-refractivity contribution < 1.29 is 19.3 Å². The van der Waals surface area contributed by atoms with Gasteiger partial charge in [0.1, 0.15) is 0 Å². The normalized spacial score (nSPS) is 17.5. The zero-order valence-electron chi connectivity index (χ0n) is 9.47. The highest BCUT2D eigenvalue weighted by atomic mass is 16.9. The molecule has 2 rings (SSSR count). The highest BCUT2D eigenvalue weighted by Crippen LogP contribution is 2.27. The fourth-order valence-electron chi connectivity index (χ4n) is 1.45. The minimum absolute atomic E-state index is 0.669. The van der Waals surface area contributed by atoms with E-state index in [0.717, 1.165) is 10.7 Å². The standard InChI is InChI=1S/C11H12N2O4/c1-11(2,8-6-4-3-5-7-8)13-12-16-9(14)10(15)17-13/h3-7,12H,1-2H3. The maximum Gasteiger partial charge on any atom is 0.439 e. The lowest BCUT2D eigenvalue weighted by molar-refractivity contribution is -0.312. The maximum absolute atomic E-state index is 11.1. The minimum atomic E-state index is -1.06. The van der Waals surface area contributed by atoms with E-state index in [4.69, 9.17) is 4.84 Å². The molecule has 6 nitrogen and oxygen atoms in total. The van der Waals surface area contributed by atoms with E-state index < -0.39 is 17.5 Å². The number of rotatable bonds is 2. The molecule has 0 saturated carbocycles. The highest BCUT2D eigenvalue weighted by molar-refractivity contribution is 6.29. The first kappa shape index (κ1) is 11.6. The van der Waals surface area contributed by atoms with Crippen LogP contribution >= 0.6 is 0 Å². The smallest absolute Gasteiger partial charge is 0.343 e. The van der Waals surface area contributed by atoms with E-state index >= 15 is 0 Å². The number of carbonyl (C=O) groups excluding carboxylic acids is 2. The van der Waals surface area contributed by atoms with Gasteiger partial charge in [0.05, 0.1) is 5.54 Å². The summed E-state index contributed by atoms with van der Waals surface area (Å²) in [5, 5.41) is 1.10. The topological polar surface area (TPSA) is 67.9 Å². The predicted octanol–water partition coefficient (Wildman–Crippen LogP) is 0.658. The van der Waals surface area contributed by atoms with Crippen LogP contribution in [0.4, 0.5) is 0 Å². The second kappa shape index (κ2) is 4.15. The Morgan fingerprint density at radius 1 is 1.12 bits per heavy atom. The van der Waals surface area contributed by atoms with Crippen molar-refractivity contribution in [1.29, 1.82) is 0 Å². The van der Waals surface area contributed by atoms with Gasteiger partial charge in [-0.05, 0) is 30.2 Å². The molecule has 0 unspecified atom stereocenters. The Labute approximate surface area is 98.0 Å². The Bertz CT molecular complexity index is 444. The second-order valence-electron chi connectivity index (χ2n) is 4.08. The summed E-state index contributed by atoms with van der Waals surface area (Å²) in [5.74, 6) is -2.11. The van der Waals surface area contributed by atoms with E-state index in [0.29, 0.717) is 0 Å². The molecule has 1 aromatic rings. The molecule has 0 spiro atoms. The number of nitrogens with one attached hydrogen (secondary N) is 1. The van der Waals surface area contributed by atoms with E-state index in [1.54, 1.807) is 0 Å². The third kappa shape index (κ3) is 2.13. The largest absolute Gasteiger partial charge is 0.439 e. The molecule has 90 valence electrons. The van der Waals surface area contributed by atoms with Crippen LogP contribution < -0.4 is 5.59 Å². The van der Waals surface area contributed by atoms with Crippen LogP contribution in [0.2, 0.25) is 0 Å². The number of hydrazine groups is 1. The quantitative estimate of drug-likeness (QED) is 0.761. The SMILES string of the molecule is CC(C)(c1ccccc1)N1NOC(=O)C(=O)O1. The Balaban J connectivity index is 2.22. The van der Waals surface area contributed by atoms with Gasteiger partial charge in [-0.3, -0.25) is 0 Å². The lowest BCUT2D eigenvalue weighted by Crippen LogP contribution is -2.56. The Morgan fingerprint density at radius 3 is 2.35 bits per heavy atom. The second-order valence-corrected chi connectivity index (χ2v) is 4.08. The van der Waals surface area contributed by atoms with Crippen molar-refractivity contribution in [3.05, 3.63) is 35.9 Å². The minimum Gasteiger partial charge on any atom is -0.343 e. The first-order chi connectivity index (χ1) is 8.01. The molecule has 17 heavy (non-hydrogen) atoms. The van der Waals surface area contributed by atoms with Crippen molar-refractivity contribution in [3.8, 4) is 0 Å². The summed E-state index contributed by atoms with van der Waals surface area (Å²) in [6, 6.07) is 9.39. The van der Waals surface area contributed by atoms with Crippen LogP contribution in [-0.4, -0.2) is 17.1 Å². The number of carbonyl (C=O) groups is 2. The summed E-state index contributed by atoms with van der Waals surface area (Å²) < 4.78 is 0. The van der Waals surface area contributed by atoms with Crippen molar-refractivity contribution in [2.24, 2.45) is 0 Å². The van der Waals surface area contributed by atoms with Gasteiger partial charge < -0.3 is 9.68 Å². The molecular formula is C11H12N2O4. The summed E-state index contributed by atoms with van der Waals surface area (Å²) in [4.78, 5) is 31.2. The van der Waals surface area contributed by atoms with Crippen molar-refractivity contribution in [3.63, 3.8) is 0 Å². The molecule has 1 heterocycles. The third-order valence-corrected chi connectivity index (χ3v) is 2.55. The van der Waals surface area contributed by atoms with Crippen LogP contribution in [0.3, 0.4) is 0 Å². The lowest BCUT2D eigenvalue weighted by Gasteiger charge is -2.37. The molecule has 6 heteroatoms. The first-order valence-electron chi connectivity index (χ1n) is 5.06. The van der Waals surface area contributed by atoms with Crippen LogP contribution in [0.5, 0.6) is 0 Å². The molecule has 0 radical (unpaired) electrons. The van der Waals surface area contributed by atoms with Gasteiger partial charge in [0.25, 0.3) is 0 Å². The van der Waals surface area contributed by atoms with E-state index in [9.17, 15) is 9.59 Å². The van der Waals surface area contributed by atoms with Crippen LogP contribution in [-0.2, 0) is 24.8 Å². The van der Waals surface area contributed by atoms with Crippen LogP contribution in [0.1, 0.15) is 19.4 Å². The van der Waals surface area contributed by atoms with Gasteiger partial charge in [0, 0.05) is 0 Å². The summed E-state index contributed by atoms with van der Waals surface area (Å²) in [6.07, 6.45) is 0. The number of hydrogen-bond donors (Lipinski definition) is 1. The molecule has 1 N–H and O–H groups in total. The van der Waals surface area contributed by atoms with Gasteiger partial charge in [-0.15, -0.1) is 0 Å². The van der Waals surface area contributed by atoms with E-state index in [2.05, 4.69) is 10.4 Å². The number of hydroxylamine groups is 1.